The van der Waals surface area contributed by atoms with E-state index in [9.17, 15) is 9.18 Å². The number of pyridine rings is 1. The van der Waals surface area contributed by atoms with Crippen molar-refractivity contribution in [1.82, 2.24) is 4.98 Å². The lowest BCUT2D eigenvalue weighted by Gasteiger charge is -2.45. The van der Waals surface area contributed by atoms with Crippen LogP contribution in [-0.2, 0) is 14.3 Å². The van der Waals surface area contributed by atoms with Crippen molar-refractivity contribution in [3.63, 3.8) is 0 Å². The molecule has 6 atom stereocenters. The first-order chi connectivity index (χ1) is 14.6. The molecular weight excluding hydrogens is 381 g/mol. The summed E-state index contributed by atoms with van der Waals surface area (Å²) in [6, 6.07) is 10.5. The van der Waals surface area contributed by atoms with Gasteiger partial charge in [-0.1, -0.05) is 30.3 Å². The summed E-state index contributed by atoms with van der Waals surface area (Å²) in [6.45, 7) is 3.53. The number of hydrogen-bond donors (Lipinski definition) is 0. The van der Waals surface area contributed by atoms with Crippen LogP contribution in [0.5, 0.6) is 0 Å². The van der Waals surface area contributed by atoms with Crippen molar-refractivity contribution >= 4 is 12.0 Å². The van der Waals surface area contributed by atoms with Crippen molar-refractivity contribution in [1.29, 1.82) is 0 Å². The fourth-order valence-electron chi connectivity index (χ4n) is 5.68. The Kier molecular flexibility index (Phi) is 5.15. The molecule has 2 aliphatic heterocycles. The third kappa shape index (κ3) is 3.45. The van der Waals surface area contributed by atoms with Gasteiger partial charge in [0.15, 0.2) is 0 Å². The third-order valence-electron chi connectivity index (χ3n) is 7.10. The maximum atomic E-state index is 14.0. The second-order valence-electron chi connectivity index (χ2n) is 8.74. The quantitative estimate of drug-likeness (QED) is 0.689. The van der Waals surface area contributed by atoms with Crippen molar-refractivity contribution in [2.24, 2.45) is 29.6 Å². The van der Waals surface area contributed by atoms with Gasteiger partial charge in [0.2, 0.25) is 0 Å². The molecule has 0 amide bonds. The second kappa shape index (κ2) is 7.95. The van der Waals surface area contributed by atoms with E-state index in [2.05, 4.69) is 11.1 Å². The molecule has 3 fully saturated rings. The van der Waals surface area contributed by atoms with Gasteiger partial charge in [-0.15, -0.1) is 0 Å². The Morgan fingerprint density at radius 1 is 1.20 bits per heavy atom. The summed E-state index contributed by atoms with van der Waals surface area (Å²) in [5, 5.41) is 0. The Hall–Kier alpha value is -2.53. The molecule has 0 radical (unpaired) electrons. The fraction of sp³-hybridized carbons (Fsp3) is 0.440. The van der Waals surface area contributed by atoms with E-state index in [0.717, 1.165) is 37.3 Å². The van der Waals surface area contributed by atoms with E-state index in [4.69, 9.17) is 9.47 Å². The fourth-order valence-corrected chi connectivity index (χ4v) is 5.68. The number of allylic oxidation sites excluding steroid dienone is 1. The van der Waals surface area contributed by atoms with E-state index < -0.39 is 0 Å². The Balaban J connectivity index is 1.40. The van der Waals surface area contributed by atoms with E-state index in [1.165, 1.54) is 6.07 Å². The number of hydrogen-bond acceptors (Lipinski definition) is 4. The normalized spacial score (nSPS) is 33.2. The molecule has 0 N–H and O–H groups in total. The number of halogens is 1. The van der Waals surface area contributed by atoms with Gasteiger partial charge in [0.1, 0.15) is 11.9 Å². The minimum Gasteiger partial charge on any atom is -0.462 e. The number of ether oxygens (including phenoxy) is 2. The zero-order valence-electron chi connectivity index (χ0n) is 17.0. The number of aromatic nitrogens is 1. The summed E-state index contributed by atoms with van der Waals surface area (Å²) in [7, 11) is 0. The van der Waals surface area contributed by atoms with Crippen LogP contribution in [0.4, 0.5) is 4.39 Å². The third-order valence-corrected chi connectivity index (χ3v) is 7.10. The van der Waals surface area contributed by atoms with Crippen LogP contribution in [-0.4, -0.2) is 30.3 Å². The molecule has 0 bridgehead atoms. The highest BCUT2D eigenvalue weighted by Crippen LogP contribution is 2.51. The summed E-state index contributed by atoms with van der Waals surface area (Å²) in [5.41, 5.74) is 2.14. The van der Waals surface area contributed by atoms with Crippen molar-refractivity contribution in [2.45, 2.75) is 25.9 Å². The summed E-state index contributed by atoms with van der Waals surface area (Å²) in [6.07, 6.45) is 7.81. The molecule has 1 aromatic carbocycles. The van der Waals surface area contributed by atoms with Gasteiger partial charge in [-0.2, -0.15) is 0 Å². The Labute approximate surface area is 176 Å². The smallest absolute Gasteiger partial charge is 0.309 e. The molecule has 0 unspecified atom stereocenters. The number of benzene rings is 1. The average Bonchev–Trinajstić information content (AvgIpc) is 3.05. The van der Waals surface area contributed by atoms with E-state index >= 15 is 0 Å². The van der Waals surface area contributed by atoms with Crippen LogP contribution in [0, 0.1) is 35.4 Å². The number of esters is 1. The van der Waals surface area contributed by atoms with Crippen LogP contribution in [0.1, 0.15) is 25.5 Å². The van der Waals surface area contributed by atoms with Crippen LogP contribution in [0.15, 0.2) is 48.7 Å². The number of nitrogens with zero attached hydrogens (tertiary/aromatic N) is 1. The lowest BCUT2D eigenvalue weighted by molar-refractivity contribution is -0.144. The SMILES string of the molecule is C[C@H]1OC(=O)[C@@H]2C[C@@H]3COCC[C@H]3[C@H](/C=C/c3ccc(-c4ccccc4F)cn3)[C@H]12. The zero-order valence-corrected chi connectivity index (χ0v) is 17.0. The van der Waals surface area contributed by atoms with Crippen LogP contribution in [0.3, 0.4) is 0 Å². The van der Waals surface area contributed by atoms with E-state index in [0.29, 0.717) is 17.4 Å². The molecule has 30 heavy (non-hydrogen) atoms. The zero-order chi connectivity index (χ0) is 20.7. The number of carbonyl (C=O) groups is 1. The second-order valence-corrected chi connectivity index (χ2v) is 8.74. The van der Waals surface area contributed by atoms with Crippen LogP contribution in [0.25, 0.3) is 17.2 Å². The number of rotatable bonds is 3. The largest absolute Gasteiger partial charge is 0.462 e. The molecule has 1 aromatic heterocycles. The van der Waals surface area contributed by atoms with Gasteiger partial charge in [-0.3, -0.25) is 9.78 Å². The molecule has 2 saturated heterocycles. The van der Waals surface area contributed by atoms with E-state index in [1.807, 2.05) is 31.2 Å². The molecule has 1 aliphatic carbocycles. The highest BCUT2D eigenvalue weighted by Gasteiger charge is 2.54. The average molecular weight is 407 g/mol. The van der Waals surface area contributed by atoms with Crippen LogP contribution >= 0.6 is 0 Å². The first-order valence-corrected chi connectivity index (χ1v) is 10.8. The van der Waals surface area contributed by atoms with Crippen LogP contribution in [0.2, 0.25) is 0 Å². The topological polar surface area (TPSA) is 48.4 Å². The first-order valence-electron chi connectivity index (χ1n) is 10.8. The molecule has 5 heteroatoms. The maximum absolute atomic E-state index is 14.0. The van der Waals surface area contributed by atoms with Gasteiger partial charge in [0, 0.05) is 36.5 Å². The molecule has 3 aliphatic rings. The molecule has 156 valence electrons. The summed E-state index contributed by atoms with van der Waals surface area (Å²) in [5.74, 6) is 1.06. The van der Waals surface area contributed by atoms with E-state index in [1.54, 1.807) is 18.3 Å². The molecule has 4 nitrogen and oxygen atoms in total. The molecule has 2 aromatic rings. The number of fused-ring (bicyclic) bond motifs is 2. The van der Waals surface area contributed by atoms with E-state index in [-0.39, 0.29) is 35.6 Å². The Bertz CT molecular complexity index is 957. The highest BCUT2D eigenvalue weighted by molar-refractivity contribution is 5.75. The molecule has 5 rings (SSSR count). The number of cyclic esters (lactones) is 1. The molecular formula is C25H26FNO3. The molecule has 3 heterocycles. The molecule has 1 saturated carbocycles. The van der Waals surface area contributed by atoms with Gasteiger partial charge < -0.3 is 9.47 Å². The van der Waals surface area contributed by atoms with Crippen molar-refractivity contribution < 1.29 is 18.7 Å². The van der Waals surface area contributed by atoms with Gasteiger partial charge in [0.25, 0.3) is 0 Å². The monoisotopic (exact) mass is 407 g/mol. The van der Waals surface area contributed by atoms with Gasteiger partial charge in [-0.25, -0.2) is 4.39 Å². The molecule has 0 spiro atoms. The summed E-state index contributed by atoms with van der Waals surface area (Å²) < 4.78 is 25.3. The lowest BCUT2D eigenvalue weighted by atomic mass is 9.60. The predicted octanol–water partition coefficient (Wildman–Crippen LogP) is 4.75. The maximum Gasteiger partial charge on any atom is 0.309 e. The van der Waals surface area contributed by atoms with Crippen molar-refractivity contribution in [2.75, 3.05) is 13.2 Å². The Morgan fingerprint density at radius 3 is 2.87 bits per heavy atom. The first kappa shape index (κ1) is 19.4. The van der Waals surface area contributed by atoms with Crippen LogP contribution < -0.4 is 0 Å². The van der Waals surface area contributed by atoms with Gasteiger partial charge in [-0.05, 0) is 55.7 Å². The highest BCUT2D eigenvalue weighted by atomic mass is 19.1. The van der Waals surface area contributed by atoms with Gasteiger partial charge in [0.05, 0.1) is 11.6 Å². The minimum absolute atomic E-state index is 0.0333. The standard InChI is InChI=1S/C25H26FNO3/c1-15-24-21(19-10-11-29-14-17(19)12-22(24)25(28)30-15)9-8-18-7-6-16(13-27-18)20-4-2-3-5-23(20)26/h2-9,13,15,17,19,21-22,24H,10-12,14H2,1H3/b9-8+/t15-,17-,19-,21+,22-,24+/m1/s1. The lowest BCUT2D eigenvalue weighted by Crippen LogP contribution is -2.45. The minimum atomic E-state index is -0.249. The number of carbonyl (C=O) groups excluding carboxylic acids is 1. The van der Waals surface area contributed by atoms with Crippen molar-refractivity contribution in [3.8, 4) is 11.1 Å². The van der Waals surface area contributed by atoms with Gasteiger partial charge >= 0.3 is 5.97 Å². The summed E-state index contributed by atoms with van der Waals surface area (Å²) in [4.78, 5) is 16.9. The Morgan fingerprint density at radius 2 is 2.07 bits per heavy atom. The summed E-state index contributed by atoms with van der Waals surface area (Å²) >= 11 is 0. The van der Waals surface area contributed by atoms with Crippen molar-refractivity contribution in [3.05, 3.63) is 60.2 Å². The predicted molar refractivity (Wildman–Crippen MR) is 112 cm³/mol.